The van der Waals surface area contributed by atoms with Crippen LogP contribution < -0.4 is 15.3 Å². The third-order valence-corrected chi connectivity index (χ3v) is 5.25. The molecular weight excluding hydrogens is 388 g/mol. The second-order valence-electron chi connectivity index (χ2n) is 7.19. The standard InChI is InChI=1S/C25H21N4O2/c1-30-20-11-7-18(8-12-20)24-23-17-27-15-16-29(23,26)25(28-24)19-9-13-22(14-10-19)31-21-5-3-2-4-6-21/h2-17H,26H2,1H3/q+1. The number of ether oxygens (including phenoxy) is 2. The molecule has 3 aromatic rings. The maximum atomic E-state index is 6.80. The smallest absolute Gasteiger partial charge is 0.265 e. The number of rotatable bonds is 5. The Labute approximate surface area is 180 Å². The third-order valence-electron chi connectivity index (χ3n) is 5.25. The molecule has 6 nitrogen and oxygen atoms in total. The molecule has 0 spiro atoms. The highest BCUT2D eigenvalue weighted by atomic mass is 16.5. The van der Waals surface area contributed by atoms with Gasteiger partial charge in [-0.05, 0) is 60.7 Å². The van der Waals surface area contributed by atoms with Crippen LogP contribution in [-0.2, 0) is 0 Å². The summed E-state index contributed by atoms with van der Waals surface area (Å²) in [5.41, 5.74) is 3.46. The van der Waals surface area contributed by atoms with E-state index < -0.39 is 0 Å². The summed E-state index contributed by atoms with van der Waals surface area (Å²) in [6, 6.07) is 25.2. The van der Waals surface area contributed by atoms with Crippen LogP contribution >= 0.6 is 0 Å². The van der Waals surface area contributed by atoms with E-state index in [9.17, 15) is 0 Å². The molecule has 152 valence electrons. The van der Waals surface area contributed by atoms with Gasteiger partial charge in [-0.3, -0.25) is 4.99 Å². The van der Waals surface area contributed by atoms with Crippen molar-refractivity contribution < 1.29 is 14.1 Å². The summed E-state index contributed by atoms with van der Waals surface area (Å²) >= 11 is 0. The Hall–Kier alpha value is -4.00. The van der Waals surface area contributed by atoms with Crippen molar-refractivity contribution in [3.63, 3.8) is 0 Å². The number of nitrogens with zero attached hydrogens (tertiary/aromatic N) is 3. The molecule has 0 fully saturated rings. The van der Waals surface area contributed by atoms with Crippen molar-refractivity contribution in [3.05, 3.63) is 108 Å². The fraction of sp³-hybridized carbons (Fsp3) is 0.0400. The number of nitrogens with two attached hydrogens (primary N) is 1. The Morgan fingerprint density at radius 2 is 1.42 bits per heavy atom. The van der Waals surface area contributed by atoms with Gasteiger partial charge in [0.15, 0.2) is 0 Å². The van der Waals surface area contributed by atoms with Gasteiger partial charge in [0, 0.05) is 5.56 Å². The monoisotopic (exact) mass is 409 g/mol. The molecule has 2 heterocycles. The average molecular weight is 409 g/mol. The van der Waals surface area contributed by atoms with E-state index >= 15 is 0 Å². The van der Waals surface area contributed by atoms with E-state index in [0.29, 0.717) is 0 Å². The number of fused-ring (bicyclic) bond motifs is 1. The molecule has 2 aliphatic rings. The summed E-state index contributed by atoms with van der Waals surface area (Å²) in [5, 5.41) is 0. The molecule has 0 aliphatic carbocycles. The lowest BCUT2D eigenvalue weighted by Crippen LogP contribution is -2.53. The fourth-order valence-electron chi connectivity index (χ4n) is 3.64. The predicted octanol–water partition coefficient (Wildman–Crippen LogP) is 4.86. The summed E-state index contributed by atoms with van der Waals surface area (Å²) in [6.07, 6.45) is 5.30. The normalized spacial score (nSPS) is 19.2. The van der Waals surface area contributed by atoms with Crippen LogP contribution in [0.2, 0.25) is 0 Å². The number of hydrogen-bond donors (Lipinski definition) is 1. The number of quaternary nitrogens is 1. The number of benzene rings is 3. The van der Waals surface area contributed by atoms with E-state index in [0.717, 1.165) is 45.6 Å². The number of aliphatic imine (C=N–C) groups is 2. The van der Waals surface area contributed by atoms with Crippen LogP contribution in [0.4, 0.5) is 0 Å². The topological polar surface area (TPSA) is 69.2 Å². The second-order valence-corrected chi connectivity index (χ2v) is 7.19. The van der Waals surface area contributed by atoms with Crippen LogP contribution in [0.25, 0.3) is 5.70 Å². The van der Waals surface area contributed by atoms with Gasteiger partial charge in [-0.15, -0.1) is 4.59 Å². The van der Waals surface area contributed by atoms with Crippen LogP contribution in [0.5, 0.6) is 17.2 Å². The Morgan fingerprint density at radius 3 is 2.13 bits per heavy atom. The molecular formula is C25H21N4O2+. The molecule has 3 aromatic carbocycles. The third kappa shape index (κ3) is 3.44. The molecule has 0 bridgehead atoms. The van der Waals surface area contributed by atoms with Crippen molar-refractivity contribution in [1.29, 1.82) is 0 Å². The van der Waals surface area contributed by atoms with E-state index in [1.165, 1.54) is 0 Å². The van der Waals surface area contributed by atoms with Gasteiger partial charge in [0.25, 0.3) is 5.84 Å². The lowest BCUT2D eigenvalue weighted by atomic mass is 10.1. The highest BCUT2D eigenvalue weighted by Gasteiger charge is 2.44. The van der Waals surface area contributed by atoms with Gasteiger partial charge < -0.3 is 9.47 Å². The van der Waals surface area contributed by atoms with Crippen molar-refractivity contribution in [2.24, 2.45) is 15.8 Å². The molecule has 0 amide bonds. The van der Waals surface area contributed by atoms with Gasteiger partial charge in [-0.25, -0.2) is 0 Å². The van der Waals surface area contributed by atoms with Gasteiger partial charge in [0.1, 0.15) is 29.1 Å². The molecule has 5 rings (SSSR count). The van der Waals surface area contributed by atoms with Crippen LogP contribution in [0.15, 0.2) is 107 Å². The number of allylic oxidation sites excluding steroid dienone is 1. The maximum Gasteiger partial charge on any atom is 0.265 e. The number of para-hydroxylation sites is 1. The fourth-order valence-corrected chi connectivity index (χ4v) is 3.64. The average Bonchev–Trinajstić information content (AvgIpc) is 3.13. The van der Waals surface area contributed by atoms with E-state index in [2.05, 4.69) is 4.99 Å². The molecule has 31 heavy (non-hydrogen) atoms. The highest BCUT2D eigenvalue weighted by molar-refractivity contribution is 6.06. The maximum absolute atomic E-state index is 6.80. The molecule has 1 unspecified atom stereocenters. The van der Waals surface area contributed by atoms with E-state index in [1.807, 2.05) is 85.1 Å². The van der Waals surface area contributed by atoms with Crippen molar-refractivity contribution >= 4 is 17.7 Å². The zero-order valence-corrected chi connectivity index (χ0v) is 17.0. The molecule has 0 radical (unpaired) electrons. The van der Waals surface area contributed by atoms with Crippen molar-refractivity contribution in [2.45, 2.75) is 0 Å². The molecule has 6 heteroatoms. The Bertz CT molecular complexity index is 1230. The van der Waals surface area contributed by atoms with Crippen LogP contribution in [-0.4, -0.2) is 23.8 Å². The zero-order valence-electron chi connectivity index (χ0n) is 17.0. The molecule has 0 saturated heterocycles. The first-order valence-corrected chi connectivity index (χ1v) is 9.87. The quantitative estimate of drug-likeness (QED) is 0.483. The molecule has 2 aliphatic heterocycles. The number of hydrogen-bond acceptors (Lipinski definition) is 5. The first-order valence-electron chi connectivity index (χ1n) is 9.87. The first kappa shape index (κ1) is 19.0. The number of methoxy groups -OCH3 is 1. The lowest BCUT2D eigenvalue weighted by molar-refractivity contribution is -0.749. The second kappa shape index (κ2) is 7.68. The largest absolute Gasteiger partial charge is 0.497 e. The van der Waals surface area contributed by atoms with E-state index in [1.54, 1.807) is 19.5 Å². The Balaban J connectivity index is 1.50. The summed E-state index contributed by atoms with van der Waals surface area (Å²) in [5.74, 6) is 9.84. The Morgan fingerprint density at radius 1 is 0.774 bits per heavy atom. The highest BCUT2D eigenvalue weighted by Crippen LogP contribution is 2.36. The van der Waals surface area contributed by atoms with Gasteiger partial charge >= 0.3 is 0 Å². The number of amidine groups is 1. The molecule has 1 atom stereocenters. The SMILES string of the molecule is COc1ccc(C2=C3C=NC=C[N+]3(N)C(c3ccc(Oc4ccccc4)cc3)=N2)cc1. The lowest BCUT2D eigenvalue weighted by Gasteiger charge is -2.26. The molecule has 0 saturated carbocycles. The minimum atomic E-state index is -0.0379. The summed E-state index contributed by atoms with van der Waals surface area (Å²) in [6.45, 7) is 0. The molecule has 0 aromatic heterocycles. The minimum absolute atomic E-state index is 0.0379. The minimum Gasteiger partial charge on any atom is -0.497 e. The predicted molar refractivity (Wildman–Crippen MR) is 121 cm³/mol. The summed E-state index contributed by atoms with van der Waals surface area (Å²) in [4.78, 5) is 9.22. The summed E-state index contributed by atoms with van der Waals surface area (Å²) in [7, 11) is 1.65. The van der Waals surface area contributed by atoms with Gasteiger partial charge in [0.2, 0.25) is 5.70 Å². The van der Waals surface area contributed by atoms with E-state index in [4.69, 9.17) is 20.3 Å². The van der Waals surface area contributed by atoms with E-state index in [-0.39, 0.29) is 4.59 Å². The zero-order chi connectivity index (χ0) is 21.3. The van der Waals surface area contributed by atoms with Crippen molar-refractivity contribution in [3.8, 4) is 17.2 Å². The first-order chi connectivity index (χ1) is 15.2. The van der Waals surface area contributed by atoms with Gasteiger partial charge in [0.05, 0.1) is 25.1 Å². The summed E-state index contributed by atoms with van der Waals surface area (Å²) < 4.78 is 11.1. The van der Waals surface area contributed by atoms with Gasteiger partial charge in [-0.2, -0.15) is 10.8 Å². The van der Waals surface area contributed by atoms with Crippen molar-refractivity contribution in [2.75, 3.05) is 7.11 Å². The molecule has 2 N–H and O–H groups in total. The van der Waals surface area contributed by atoms with Crippen LogP contribution in [0.3, 0.4) is 0 Å². The van der Waals surface area contributed by atoms with Crippen molar-refractivity contribution in [1.82, 2.24) is 0 Å². The van der Waals surface area contributed by atoms with Crippen LogP contribution in [0, 0.1) is 0 Å². The van der Waals surface area contributed by atoms with Crippen LogP contribution in [0.1, 0.15) is 11.1 Å². The van der Waals surface area contributed by atoms with Gasteiger partial charge in [-0.1, -0.05) is 18.2 Å². The Kier molecular flexibility index (Phi) is 4.71.